The van der Waals surface area contributed by atoms with E-state index in [-0.39, 0.29) is 6.10 Å². The smallest absolute Gasteiger partial charge is 0.222 e. The first-order valence-corrected chi connectivity index (χ1v) is 8.85. The number of alkyl halides is 1. The van der Waals surface area contributed by atoms with Crippen LogP contribution in [0.4, 0.5) is 0 Å². The molecule has 0 aromatic carbocycles. The zero-order valence-electron chi connectivity index (χ0n) is 12.2. The van der Waals surface area contributed by atoms with Gasteiger partial charge in [-0.2, -0.15) is 0 Å². The molecule has 0 aromatic heterocycles. The van der Waals surface area contributed by atoms with Gasteiger partial charge >= 0.3 is 0 Å². The van der Waals surface area contributed by atoms with Gasteiger partial charge in [-0.3, -0.25) is 4.79 Å². The monoisotopic (exact) mass is 333 g/mol. The quantitative estimate of drug-likeness (QED) is 0.475. The van der Waals surface area contributed by atoms with Gasteiger partial charge in [0.1, 0.15) is 0 Å². The van der Waals surface area contributed by atoms with Gasteiger partial charge in [-0.25, -0.2) is 0 Å². The molecule has 3 nitrogen and oxygen atoms in total. The summed E-state index contributed by atoms with van der Waals surface area (Å²) < 4.78 is 5.55. The number of ether oxygens (including phenoxy) is 1. The number of carbonyl (C=O) groups is 1. The molecule has 1 amide bonds. The molecule has 19 heavy (non-hydrogen) atoms. The van der Waals surface area contributed by atoms with Crippen molar-refractivity contribution in [1.29, 1.82) is 0 Å². The van der Waals surface area contributed by atoms with Gasteiger partial charge in [-0.05, 0) is 6.42 Å². The van der Waals surface area contributed by atoms with E-state index in [0.29, 0.717) is 18.9 Å². The maximum absolute atomic E-state index is 12.0. The van der Waals surface area contributed by atoms with Crippen LogP contribution in [-0.4, -0.2) is 41.9 Å². The van der Waals surface area contributed by atoms with Crippen LogP contribution in [0.1, 0.15) is 58.3 Å². The number of nitrogens with zero attached hydrogens (tertiary/aromatic N) is 1. The molecule has 0 aliphatic carbocycles. The average Bonchev–Trinajstić information content (AvgIpc) is 2.46. The predicted molar refractivity (Wildman–Crippen MR) is 82.7 cm³/mol. The van der Waals surface area contributed by atoms with Gasteiger partial charge in [0.25, 0.3) is 0 Å². The Kier molecular flexibility index (Phi) is 9.52. The summed E-state index contributed by atoms with van der Waals surface area (Å²) in [4.78, 5) is 14.0. The van der Waals surface area contributed by atoms with Gasteiger partial charge in [-0.1, -0.05) is 61.4 Å². The molecule has 1 atom stereocenters. The normalized spacial score (nSPS) is 19.7. The number of hydrogen-bond acceptors (Lipinski definition) is 2. The molecule has 4 heteroatoms. The van der Waals surface area contributed by atoms with Crippen LogP contribution in [0.25, 0.3) is 0 Å². The number of carbonyl (C=O) groups excluding carboxylic acids is 1. The average molecular weight is 334 g/mol. The van der Waals surface area contributed by atoms with Crippen molar-refractivity contribution in [1.82, 2.24) is 4.90 Å². The maximum atomic E-state index is 12.0. The van der Waals surface area contributed by atoms with E-state index >= 15 is 0 Å². The van der Waals surface area contributed by atoms with Crippen LogP contribution < -0.4 is 0 Å². The highest BCUT2D eigenvalue weighted by molar-refractivity contribution is 9.09. The minimum atomic E-state index is 0.173. The summed E-state index contributed by atoms with van der Waals surface area (Å²) in [5.74, 6) is 0.308. The van der Waals surface area contributed by atoms with E-state index in [1.165, 1.54) is 38.5 Å². The Labute approximate surface area is 126 Å². The second-order valence-corrected chi connectivity index (χ2v) is 6.01. The maximum Gasteiger partial charge on any atom is 0.222 e. The number of rotatable bonds is 9. The molecule has 0 bridgehead atoms. The van der Waals surface area contributed by atoms with Gasteiger partial charge in [0, 0.05) is 24.8 Å². The largest absolute Gasteiger partial charge is 0.374 e. The zero-order chi connectivity index (χ0) is 13.9. The Bertz CT molecular complexity index is 248. The first-order valence-electron chi connectivity index (χ1n) is 7.73. The lowest BCUT2D eigenvalue weighted by Gasteiger charge is -2.32. The lowest BCUT2D eigenvalue weighted by atomic mass is 10.1. The first kappa shape index (κ1) is 17.0. The lowest BCUT2D eigenvalue weighted by molar-refractivity contribution is -0.138. The molecule has 1 unspecified atom stereocenters. The summed E-state index contributed by atoms with van der Waals surface area (Å²) in [6, 6.07) is 0. The van der Waals surface area contributed by atoms with E-state index in [1.807, 2.05) is 4.90 Å². The Hall–Kier alpha value is -0.0900. The van der Waals surface area contributed by atoms with Crippen LogP contribution in [0.2, 0.25) is 0 Å². The van der Waals surface area contributed by atoms with Crippen molar-refractivity contribution in [2.75, 3.05) is 25.0 Å². The van der Waals surface area contributed by atoms with Crippen LogP contribution in [0.15, 0.2) is 0 Å². The second-order valence-electron chi connectivity index (χ2n) is 5.36. The Morgan fingerprint density at radius 3 is 2.58 bits per heavy atom. The Balaban J connectivity index is 2.04. The molecule has 1 fully saturated rings. The van der Waals surface area contributed by atoms with Gasteiger partial charge in [0.2, 0.25) is 5.91 Å². The van der Waals surface area contributed by atoms with Gasteiger partial charge in [0.15, 0.2) is 0 Å². The topological polar surface area (TPSA) is 29.5 Å². The molecule has 1 aliphatic heterocycles. The Morgan fingerprint density at radius 1 is 1.21 bits per heavy atom. The first-order chi connectivity index (χ1) is 9.27. The summed E-state index contributed by atoms with van der Waals surface area (Å²) in [6.45, 7) is 4.43. The van der Waals surface area contributed by atoms with E-state index in [2.05, 4.69) is 22.9 Å². The molecule has 112 valence electrons. The van der Waals surface area contributed by atoms with Crippen molar-refractivity contribution in [2.24, 2.45) is 0 Å². The van der Waals surface area contributed by atoms with Crippen LogP contribution in [0.3, 0.4) is 0 Å². The number of halogens is 1. The molecule has 0 N–H and O–H groups in total. The minimum absolute atomic E-state index is 0.173. The summed E-state index contributed by atoms with van der Waals surface area (Å²) in [6.07, 6.45) is 9.72. The molecule has 1 saturated heterocycles. The highest BCUT2D eigenvalue weighted by atomic mass is 79.9. The molecule has 0 spiro atoms. The fraction of sp³-hybridized carbons (Fsp3) is 0.933. The van der Waals surface area contributed by atoms with Crippen LogP contribution in [-0.2, 0) is 9.53 Å². The highest BCUT2D eigenvalue weighted by Gasteiger charge is 2.22. The third-order valence-corrected chi connectivity index (χ3v) is 4.38. The summed E-state index contributed by atoms with van der Waals surface area (Å²) >= 11 is 3.42. The SMILES string of the molecule is CCCCCCCCCC(=O)N1CCOC(CBr)C1. The minimum Gasteiger partial charge on any atom is -0.374 e. The molecule has 0 radical (unpaired) electrons. The number of unbranched alkanes of at least 4 members (excludes halogenated alkanes) is 6. The molecule has 0 saturated carbocycles. The fourth-order valence-corrected chi connectivity index (χ4v) is 2.82. The van der Waals surface area contributed by atoms with Crippen LogP contribution in [0.5, 0.6) is 0 Å². The molecular formula is C15H28BrNO2. The zero-order valence-corrected chi connectivity index (χ0v) is 13.8. The van der Waals surface area contributed by atoms with Gasteiger partial charge < -0.3 is 9.64 Å². The molecular weight excluding hydrogens is 306 g/mol. The lowest BCUT2D eigenvalue weighted by Crippen LogP contribution is -2.46. The van der Waals surface area contributed by atoms with E-state index in [0.717, 1.165) is 24.8 Å². The number of hydrogen-bond donors (Lipinski definition) is 0. The standard InChI is InChI=1S/C15H28BrNO2/c1-2-3-4-5-6-7-8-9-15(18)17-10-11-19-14(12-16)13-17/h14H,2-13H2,1H3. The van der Waals surface area contributed by atoms with Crippen molar-refractivity contribution in [2.45, 2.75) is 64.4 Å². The van der Waals surface area contributed by atoms with Crippen molar-refractivity contribution < 1.29 is 9.53 Å². The third-order valence-electron chi connectivity index (χ3n) is 3.66. The van der Waals surface area contributed by atoms with Crippen molar-refractivity contribution >= 4 is 21.8 Å². The number of morpholine rings is 1. The third kappa shape index (κ3) is 7.31. The molecule has 1 heterocycles. The van der Waals surface area contributed by atoms with E-state index in [9.17, 15) is 4.79 Å². The highest BCUT2D eigenvalue weighted by Crippen LogP contribution is 2.12. The van der Waals surface area contributed by atoms with Gasteiger partial charge in [-0.15, -0.1) is 0 Å². The molecule has 1 rings (SSSR count). The molecule has 0 aromatic rings. The summed E-state index contributed by atoms with van der Waals surface area (Å²) in [7, 11) is 0. The summed E-state index contributed by atoms with van der Waals surface area (Å²) in [5, 5.41) is 0.814. The second kappa shape index (κ2) is 10.7. The van der Waals surface area contributed by atoms with Crippen molar-refractivity contribution in [3.05, 3.63) is 0 Å². The fourth-order valence-electron chi connectivity index (χ4n) is 2.43. The van der Waals surface area contributed by atoms with E-state index < -0.39 is 0 Å². The van der Waals surface area contributed by atoms with E-state index in [4.69, 9.17) is 4.74 Å². The van der Waals surface area contributed by atoms with Crippen LogP contribution in [0, 0.1) is 0 Å². The Morgan fingerprint density at radius 2 is 1.89 bits per heavy atom. The summed E-state index contributed by atoms with van der Waals surface area (Å²) in [5.41, 5.74) is 0. The van der Waals surface area contributed by atoms with Crippen molar-refractivity contribution in [3.8, 4) is 0 Å². The predicted octanol–water partition coefficient (Wildman–Crippen LogP) is 3.75. The van der Waals surface area contributed by atoms with Crippen LogP contribution >= 0.6 is 15.9 Å². The van der Waals surface area contributed by atoms with Crippen molar-refractivity contribution in [3.63, 3.8) is 0 Å². The molecule has 1 aliphatic rings. The number of amides is 1. The van der Waals surface area contributed by atoms with Gasteiger partial charge in [0.05, 0.1) is 12.7 Å². The van der Waals surface area contributed by atoms with E-state index in [1.54, 1.807) is 0 Å².